The van der Waals surface area contributed by atoms with Crippen molar-refractivity contribution in [3.8, 4) is 0 Å². The average molecular weight is 463 g/mol. The Hall–Kier alpha value is -3.02. The maximum Gasteiger partial charge on any atom is 0.293 e. The fourth-order valence-corrected chi connectivity index (χ4v) is 5.21. The van der Waals surface area contributed by atoms with E-state index in [1.807, 2.05) is 0 Å². The van der Waals surface area contributed by atoms with Crippen LogP contribution in [-0.2, 0) is 14.6 Å². The molecule has 0 bridgehead atoms. The van der Waals surface area contributed by atoms with Crippen molar-refractivity contribution in [1.29, 1.82) is 0 Å². The van der Waals surface area contributed by atoms with Gasteiger partial charge in [-0.05, 0) is 37.1 Å². The Morgan fingerprint density at radius 1 is 1.25 bits per heavy atom. The smallest absolute Gasteiger partial charge is 0.293 e. The molecule has 2 aromatic carbocycles. The summed E-state index contributed by atoms with van der Waals surface area (Å²) in [5.74, 6) is -0.895. The number of nitrogens with two attached hydrogens (primary N) is 1. The average Bonchev–Trinajstić information content (AvgIpc) is 2.78. The van der Waals surface area contributed by atoms with E-state index in [1.165, 1.54) is 36.4 Å². The fraction of sp³-hybridized carbons (Fsp3) is 0.381. The van der Waals surface area contributed by atoms with Gasteiger partial charge < -0.3 is 20.7 Å². The minimum atomic E-state index is -4.19. The number of anilines is 1. The van der Waals surface area contributed by atoms with Crippen molar-refractivity contribution in [2.45, 2.75) is 28.7 Å². The molecule has 1 fully saturated rings. The number of carbonyl (C=O) groups is 1. The summed E-state index contributed by atoms with van der Waals surface area (Å²) in [6.07, 6.45) is 1.60. The van der Waals surface area contributed by atoms with E-state index in [1.54, 1.807) is 7.11 Å². The quantitative estimate of drug-likeness (QED) is 0.425. The minimum Gasteiger partial charge on any atom is -0.383 e. The largest absolute Gasteiger partial charge is 0.383 e. The summed E-state index contributed by atoms with van der Waals surface area (Å²) in [6.45, 7) is 3.16. The Bertz CT molecular complexity index is 1100. The van der Waals surface area contributed by atoms with Crippen LogP contribution in [0, 0.1) is 10.1 Å². The molecule has 0 radical (unpaired) electrons. The Kier molecular flexibility index (Phi) is 7.44. The van der Waals surface area contributed by atoms with Crippen LogP contribution >= 0.6 is 0 Å². The number of hydrogen-bond acceptors (Lipinski definition) is 8. The van der Waals surface area contributed by atoms with E-state index in [-0.39, 0.29) is 32.8 Å². The van der Waals surface area contributed by atoms with Crippen LogP contribution in [0.25, 0.3) is 0 Å². The number of rotatable bonds is 9. The van der Waals surface area contributed by atoms with E-state index in [9.17, 15) is 23.3 Å². The van der Waals surface area contributed by atoms with Crippen LogP contribution in [0.4, 0.5) is 11.4 Å². The van der Waals surface area contributed by atoms with Gasteiger partial charge in [0.15, 0.2) is 0 Å². The number of nitrogens with one attached hydrogen (secondary N) is 1. The van der Waals surface area contributed by atoms with Gasteiger partial charge in [-0.2, -0.15) is 0 Å². The lowest BCUT2D eigenvalue weighted by molar-refractivity contribution is -0.384. The molecule has 1 aliphatic heterocycles. The molecule has 0 saturated carbocycles. The first-order valence-corrected chi connectivity index (χ1v) is 11.6. The summed E-state index contributed by atoms with van der Waals surface area (Å²) in [5.41, 5.74) is 5.05. The van der Waals surface area contributed by atoms with Gasteiger partial charge in [0, 0.05) is 38.9 Å². The summed E-state index contributed by atoms with van der Waals surface area (Å²) >= 11 is 0. The Morgan fingerprint density at radius 2 is 1.94 bits per heavy atom. The number of piperidine rings is 1. The van der Waals surface area contributed by atoms with Crippen LogP contribution in [0.5, 0.6) is 0 Å². The summed E-state index contributed by atoms with van der Waals surface area (Å²) in [7, 11) is -2.53. The number of methoxy groups -OCH3 is 1. The molecule has 3 rings (SSSR count). The van der Waals surface area contributed by atoms with Crippen LogP contribution in [0.3, 0.4) is 0 Å². The molecule has 0 aliphatic carbocycles. The van der Waals surface area contributed by atoms with Crippen LogP contribution in [-0.4, -0.2) is 63.5 Å². The van der Waals surface area contributed by atoms with Crippen molar-refractivity contribution in [3.05, 3.63) is 58.1 Å². The molecule has 0 aromatic heterocycles. The number of amides is 1. The molecule has 0 unspecified atom stereocenters. The zero-order valence-corrected chi connectivity index (χ0v) is 18.5. The number of nitro groups is 1. The van der Waals surface area contributed by atoms with Gasteiger partial charge in [0.2, 0.25) is 15.7 Å². The van der Waals surface area contributed by atoms with Crippen molar-refractivity contribution in [3.63, 3.8) is 0 Å². The number of primary amides is 1. The van der Waals surface area contributed by atoms with Crippen LogP contribution in [0.1, 0.15) is 23.2 Å². The lowest BCUT2D eigenvalue weighted by atomic mass is 10.0. The van der Waals surface area contributed by atoms with Crippen molar-refractivity contribution in [2.24, 2.45) is 5.73 Å². The molecule has 172 valence electrons. The van der Waals surface area contributed by atoms with Gasteiger partial charge in [0.05, 0.1) is 26.9 Å². The summed E-state index contributed by atoms with van der Waals surface area (Å²) in [5, 5.41) is 14.9. The molecule has 0 atom stereocenters. The number of likely N-dealkylation sites (tertiary alicyclic amines) is 1. The number of nitro benzene ring substituents is 1. The molecule has 1 amide bonds. The first-order chi connectivity index (χ1) is 15.2. The first-order valence-electron chi connectivity index (χ1n) is 10.1. The number of carbonyl (C=O) groups excluding carboxylic acids is 1. The van der Waals surface area contributed by atoms with Gasteiger partial charge in [-0.1, -0.05) is 12.1 Å². The molecule has 1 heterocycles. The van der Waals surface area contributed by atoms with Crippen molar-refractivity contribution < 1.29 is 22.9 Å². The van der Waals surface area contributed by atoms with E-state index in [4.69, 9.17) is 10.5 Å². The normalized spacial score (nSPS) is 15.4. The van der Waals surface area contributed by atoms with Gasteiger partial charge >= 0.3 is 0 Å². The van der Waals surface area contributed by atoms with Gasteiger partial charge in [-0.25, -0.2) is 8.42 Å². The van der Waals surface area contributed by atoms with E-state index >= 15 is 0 Å². The molecule has 1 saturated heterocycles. The van der Waals surface area contributed by atoms with Crippen molar-refractivity contribution in [2.75, 3.05) is 38.7 Å². The molecule has 2 aromatic rings. The highest BCUT2D eigenvalue weighted by Gasteiger charge is 2.28. The van der Waals surface area contributed by atoms with Crippen LogP contribution in [0.15, 0.2) is 52.3 Å². The highest BCUT2D eigenvalue weighted by molar-refractivity contribution is 7.91. The van der Waals surface area contributed by atoms with Crippen LogP contribution in [0.2, 0.25) is 0 Å². The second kappa shape index (κ2) is 10.1. The second-order valence-corrected chi connectivity index (χ2v) is 9.47. The monoisotopic (exact) mass is 462 g/mol. The molecular formula is C21H26N4O6S. The third-order valence-electron chi connectivity index (χ3n) is 5.48. The zero-order chi connectivity index (χ0) is 23.3. The number of nitrogens with zero attached hydrogens (tertiary/aromatic N) is 2. The van der Waals surface area contributed by atoms with Gasteiger partial charge in [0.1, 0.15) is 5.69 Å². The molecule has 0 spiro atoms. The van der Waals surface area contributed by atoms with Gasteiger partial charge in [-0.3, -0.25) is 14.9 Å². The summed E-state index contributed by atoms with van der Waals surface area (Å²) < 4.78 is 31.3. The first kappa shape index (κ1) is 23.6. The Labute approximate surface area is 186 Å². The van der Waals surface area contributed by atoms with E-state index in [0.29, 0.717) is 6.61 Å². The number of hydrogen-bond donors (Lipinski definition) is 2. The maximum atomic E-state index is 13.1. The lowest BCUT2D eigenvalue weighted by Crippen LogP contribution is -2.40. The molecule has 32 heavy (non-hydrogen) atoms. The molecule has 11 heteroatoms. The summed E-state index contributed by atoms with van der Waals surface area (Å²) in [6, 6.07) is 9.26. The highest BCUT2D eigenvalue weighted by Crippen LogP contribution is 2.32. The minimum absolute atomic E-state index is 0.0329. The van der Waals surface area contributed by atoms with Gasteiger partial charge in [-0.15, -0.1) is 0 Å². The van der Waals surface area contributed by atoms with Crippen molar-refractivity contribution >= 4 is 27.1 Å². The van der Waals surface area contributed by atoms with Crippen molar-refractivity contribution in [1.82, 2.24) is 4.90 Å². The molecule has 1 aliphatic rings. The van der Waals surface area contributed by atoms with E-state index in [0.717, 1.165) is 38.5 Å². The van der Waals surface area contributed by atoms with Gasteiger partial charge in [0.25, 0.3) is 5.69 Å². The van der Waals surface area contributed by atoms with E-state index < -0.39 is 20.7 Å². The number of sulfone groups is 1. The molecule has 10 nitrogen and oxygen atoms in total. The second-order valence-electron chi connectivity index (χ2n) is 7.55. The Balaban J connectivity index is 1.84. The zero-order valence-electron chi connectivity index (χ0n) is 17.7. The lowest BCUT2D eigenvalue weighted by Gasteiger charge is -2.32. The topological polar surface area (TPSA) is 145 Å². The highest BCUT2D eigenvalue weighted by atomic mass is 32.2. The number of benzene rings is 2. The fourth-order valence-electron chi connectivity index (χ4n) is 3.72. The SMILES string of the molecule is COCCN1CCC(Nc2ccc(S(=O)(=O)c3ccccc3C(N)=O)cc2[N+](=O)[O-])CC1. The third kappa shape index (κ3) is 5.23. The standard InChI is InChI=1S/C21H26N4O6S/c1-31-13-12-24-10-8-15(9-11-24)23-18-7-6-16(14-19(18)25(27)28)32(29,30)20-5-3-2-4-17(20)21(22)26/h2-7,14-15,23H,8-13H2,1H3,(H2,22,26). The predicted octanol–water partition coefficient (Wildman–Crippen LogP) is 2.05. The molecular weight excluding hydrogens is 436 g/mol. The maximum absolute atomic E-state index is 13.1. The van der Waals surface area contributed by atoms with E-state index in [2.05, 4.69) is 10.2 Å². The summed E-state index contributed by atoms with van der Waals surface area (Å²) in [4.78, 5) is 24.4. The van der Waals surface area contributed by atoms with Crippen LogP contribution < -0.4 is 11.1 Å². The predicted molar refractivity (Wildman–Crippen MR) is 118 cm³/mol. The number of ether oxygens (including phenoxy) is 1. The Morgan fingerprint density at radius 3 is 2.56 bits per heavy atom. The molecule has 3 N–H and O–H groups in total. The third-order valence-corrected chi connectivity index (χ3v) is 7.29.